The van der Waals surface area contributed by atoms with Crippen LogP contribution >= 0.6 is 0 Å². The maximum Gasteiger partial charge on any atom is 0.230 e. The van der Waals surface area contributed by atoms with Crippen LogP contribution in [0.15, 0.2) is 54.7 Å². The molecular formula is C21H24N2O2. The number of nitrogens with one attached hydrogen (secondary N) is 2. The van der Waals surface area contributed by atoms with E-state index in [2.05, 4.69) is 10.3 Å². The van der Waals surface area contributed by atoms with Crippen molar-refractivity contribution in [3.63, 3.8) is 0 Å². The van der Waals surface area contributed by atoms with Gasteiger partial charge in [-0.3, -0.25) is 4.79 Å². The van der Waals surface area contributed by atoms with Gasteiger partial charge in [-0.05, 0) is 49.6 Å². The highest BCUT2D eigenvalue weighted by Gasteiger charge is 2.31. The summed E-state index contributed by atoms with van der Waals surface area (Å²) in [4.78, 5) is 16.0. The summed E-state index contributed by atoms with van der Waals surface area (Å²) in [5.41, 5.74) is 2.65. The Morgan fingerprint density at radius 2 is 1.84 bits per heavy atom. The van der Waals surface area contributed by atoms with Crippen molar-refractivity contribution in [1.82, 2.24) is 10.3 Å². The van der Waals surface area contributed by atoms with Crippen LogP contribution < -0.4 is 10.1 Å². The van der Waals surface area contributed by atoms with Crippen LogP contribution in [0.4, 0.5) is 0 Å². The number of hydrogen-bond acceptors (Lipinski definition) is 2. The zero-order valence-corrected chi connectivity index (χ0v) is 14.9. The van der Waals surface area contributed by atoms with Gasteiger partial charge < -0.3 is 15.0 Å². The van der Waals surface area contributed by atoms with Gasteiger partial charge in [0.05, 0.1) is 12.5 Å². The second kappa shape index (κ2) is 7.01. The van der Waals surface area contributed by atoms with E-state index in [4.69, 9.17) is 4.74 Å². The molecule has 0 saturated carbocycles. The molecule has 1 heterocycles. The van der Waals surface area contributed by atoms with Crippen molar-refractivity contribution in [1.29, 1.82) is 0 Å². The Hall–Kier alpha value is -2.75. The first kappa shape index (κ1) is 17.1. The van der Waals surface area contributed by atoms with Gasteiger partial charge in [0.15, 0.2) is 0 Å². The quantitative estimate of drug-likeness (QED) is 0.719. The van der Waals surface area contributed by atoms with Gasteiger partial charge in [0.25, 0.3) is 0 Å². The number of carbonyl (C=O) groups is 1. The molecule has 0 saturated heterocycles. The first-order valence-electron chi connectivity index (χ1n) is 8.50. The minimum Gasteiger partial charge on any atom is -0.497 e. The molecule has 25 heavy (non-hydrogen) atoms. The highest BCUT2D eigenvalue weighted by molar-refractivity contribution is 5.94. The molecule has 1 aromatic heterocycles. The summed E-state index contributed by atoms with van der Waals surface area (Å²) in [5, 5.41) is 4.16. The SMILES string of the molecule is COc1ccc(CCNC(=O)C(C)(C)c2c[nH]c3ccccc23)cc1. The number of amides is 1. The second-order valence-corrected chi connectivity index (χ2v) is 6.73. The van der Waals surface area contributed by atoms with Crippen LogP contribution in [0.3, 0.4) is 0 Å². The third-order valence-corrected chi connectivity index (χ3v) is 4.69. The molecule has 2 N–H and O–H groups in total. The zero-order chi connectivity index (χ0) is 17.9. The van der Waals surface area contributed by atoms with Gasteiger partial charge in [-0.25, -0.2) is 0 Å². The molecule has 0 aliphatic carbocycles. The predicted octanol–water partition coefficient (Wildman–Crippen LogP) is 3.81. The van der Waals surface area contributed by atoms with Crippen LogP contribution in [-0.4, -0.2) is 24.5 Å². The predicted molar refractivity (Wildman–Crippen MR) is 101 cm³/mol. The molecule has 0 aliphatic heterocycles. The number of ether oxygens (including phenoxy) is 1. The molecule has 130 valence electrons. The molecule has 0 radical (unpaired) electrons. The minimum atomic E-state index is -0.598. The largest absolute Gasteiger partial charge is 0.497 e. The molecule has 3 aromatic rings. The maximum atomic E-state index is 12.8. The molecule has 0 atom stereocenters. The number of methoxy groups -OCH3 is 1. The summed E-state index contributed by atoms with van der Waals surface area (Å²) >= 11 is 0. The van der Waals surface area contributed by atoms with E-state index in [9.17, 15) is 4.79 Å². The highest BCUT2D eigenvalue weighted by atomic mass is 16.5. The van der Waals surface area contributed by atoms with E-state index in [-0.39, 0.29) is 5.91 Å². The fourth-order valence-electron chi connectivity index (χ4n) is 3.04. The van der Waals surface area contributed by atoms with Crippen molar-refractivity contribution in [2.24, 2.45) is 0 Å². The lowest BCUT2D eigenvalue weighted by atomic mass is 9.83. The molecule has 4 heteroatoms. The molecule has 2 aromatic carbocycles. The Kier molecular flexibility index (Phi) is 4.79. The van der Waals surface area contributed by atoms with Gasteiger partial charge >= 0.3 is 0 Å². The number of benzene rings is 2. The minimum absolute atomic E-state index is 0.0331. The fraction of sp³-hybridized carbons (Fsp3) is 0.286. The summed E-state index contributed by atoms with van der Waals surface area (Å²) in [6, 6.07) is 16.0. The van der Waals surface area contributed by atoms with E-state index in [0.29, 0.717) is 6.54 Å². The molecule has 0 aliphatic rings. The lowest BCUT2D eigenvalue weighted by molar-refractivity contribution is -0.125. The molecule has 0 spiro atoms. The summed E-state index contributed by atoms with van der Waals surface area (Å²) < 4.78 is 5.16. The summed E-state index contributed by atoms with van der Waals surface area (Å²) in [7, 11) is 1.65. The van der Waals surface area contributed by atoms with Gasteiger partial charge in [-0.1, -0.05) is 30.3 Å². The highest BCUT2D eigenvalue weighted by Crippen LogP contribution is 2.30. The number of rotatable bonds is 6. The topological polar surface area (TPSA) is 54.1 Å². The van der Waals surface area contributed by atoms with Gasteiger partial charge in [-0.15, -0.1) is 0 Å². The van der Waals surface area contributed by atoms with E-state index < -0.39 is 5.41 Å². The van der Waals surface area contributed by atoms with Crippen LogP contribution in [0.25, 0.3) is 10.9 Å². The first-order valence-corrected chi connectivity index (χ1v) is 8.50. The average Bonchev–Trinajstić information content (AvgIpc) is 3.07. The molecule has 0 unspecified atom stereocenters. The van der Waals surface area contributed by atoms with E-state index in [1.807, 2.05) is 68.6 Å². The van der Waals surface area contributed by atoms with E-state index in [0.717, 1.165) is 28.6 Å². The summed E-state index contributed by atoms with van der Waals surface area (Å²) in [6.07, 6.45) is 2.73. The van der Waals surface area contributed by atoms with E-state index >= 15 is 0 Å². The molecular weight excluding hydrogens is 312 g/mol. The number of H-pyrrole nitrogens is 1. The van der Waals surface area contributed by atoms with Crippen molar-refractivity contribution in [2.45, 2.75) is 25.7 Å². The van der Waals surface area contributed by atoms with Crippen LogP contribution in [0.1, 0.15) is 25.0 Å². The molecule has 0 bridgehead atoms. The number of aromatic nitrogens is 1. The van der Waals surface area contributed by atoms with Crippen LogP contribution in [-0.2, 0) is 16.6 Å². The lowest BCUT2D eigenvalue weighted by Gasteiger charge is -2.23. The van der Waals surface area contributed by atoms with Crippen molar-refractivity contribution in [3.8, 4) is 5.75 Å². The van der Waals surface area contributed by atoms with Gasteiger partial charge in [0.2, 0.25) is 5.91 Å². The Labute approximate surface area is 148 Å². The summed E-state index contributed by atoms with van der Waals surface area (Å²) in [6.45, 7) is 4.54. The Morgan fingerprint density at radius 3 is 2.56 bits per heavy atom. The second-order valence-electron chi connectivity index (χ2n) is 6.73. The maximum absolute atomic E-state index is 12.8. The van der Waals surface area contributed by atoms with Crippen molar-refractivity contribution in [3.05, 3.63) is 65.9 Å². The molecule has 1 amide bonds. The monoisotopic (exact) mass is 336 g/mol. The van der Waals surface area contributed by atoms with Gasteiger partial charge in [0.1, 0.15) is 5.75 Å². The van der Waals surface area contributed by atoms with Crippen molar-refractivity contribution in [2.75, 3.05) is 13.7 Å². The number of fused-ring (bicyclic) bond motifs is 1. The number of para-hydroxylation sites is 1. The third-order valence-electron chi connectivity index (χ3n) is 4.69. The molecule has 0 fully saturated rings. The summed E-state index contributed by atoms with van der Waals surface area (Å²) in [5.74, 6) is 0.874. The van der Waals surface area contributed by atoms with Gasteiger partial charge in [0, 0.05) is 23.6 Å². The van der Waals surface area contributed by atoms with Crippen LogP contribution in [0.5, 0.6) is 5.75 Å². The molecule has 4 nitrogen and oxygen atoms in total. The van der Waals surface area contributed by atoms with Crippen LogP contribution in [0.2, 0.25) is 0 Å². The fourth-order valence-corrected chi connectivity index (χ4v) is 3.04. The van der Waals surface area contributed by atoms with Crippen molar-refractivity contribution >= 4 is 16.8 Å². The number of hydrogen-bond donors (Lipinski definition) is 2. The van der Waals surface area contributed by atoms with E-state index in [1.165, 1.54) is 5.56 Å². The normalized spacial score (nSPS) is 11.5. The first-order chi connectivity index (χ1) is 12.0. The Bertz CT molecular complexity index is 863. The number of aromatic amines is 1. The van der Waals surface area contributed by atoms with Gasteiger partial charge in [-0.2, -0.15) is 0 Å². The average molecular weight is 336 g/mol. The Morgan fingerprint density at radius 1 is 1.12 bits per heavy atom. The standard InChI is InChI=1S/C21H24N2O2/c1-21(2,18-14-23-19-7-5-4-6-17(18)19)20(24)22-13-12-15-8-10-16(25-3)11-9-15/h4-11,14,23H,12-13H2,1-3H3,(H,22,24). The lowest BCUT2D eigenvalue weighted by Crippen LogP contribution is -2.40. The van der Waals surface area contributed by atoms with E-state index in [1.54, 1.807) is 7.11 Å². The van der Waals surface area contributed by atoms with Crippen LogP contribution in [0, 0.1) is 0 Å². The smallest absolute Gasteiger partial charge is 0.230 e. The molecule has 3 rings (SSSR count). The number of carbonyl (C=O) groups excluding carboxylic acids is 1. The zero-order valence-electron chi connectivity index (χ0n) is 14.9. The van der Waals surface area contributed by atoms with Crippen molar-refractivity contribution < 1.29 is 9.53 Å². The Balaban J connectivity index is 1.65. The third kappa shape index (κ3) is 3.53.